The molecule has 3 heterocycles. The fraction of sp³-hybridized carbons (Fsp3) is 0.667. The number of phenols is 1. The highest BCUT2D eigenvalue weighted by molar-refractivity contribution is 7.92. The van der Waals surface area contributed by atoms with Crippen molar-refractivity contribution in [2.75, 3.05) is 43.7 Å². The first kappa shape index (κ1) is 22.3. The number of hydrogen-bond donors (Lipinski definition) is 2. The summed E-state index contributed by atoms with van der Waals surface area (Å²) in [7, 11) is -4.18. The van der Waals surface area contributed by atoms with E-state index in [1.54, 1.807) is 4.72 Å². The number of amides is 1. The molecule has 3 aliphatic rings. The largest absolute Gasteiger partial charge is 0.506 e. The van der Waals surface area contributed by atoms with E-state index in [4.69, 9.17) is 4.74 Å². The summed E-state index contributed by atoms with van der Waals surface area (Å²) in [6.07, 6.45) is 6.19. The third-order valence-electron chi connectivity index (χ3n) is 6.49. The van der Waals surface area contributed by atoms with Crippen molar-refractivity contribution in [2.45, 2.75) is 38.5 Å². The summed E-state index contributed by atoms with van der Waals surface area (Å²) in [4.78, 5) is 13.9. The Morgan fingerprint density at radius 2 is 1.97 bits per heavy atom. The third kappa shape index (κ3) is 5.30. The highest BCUT2D eigenvalue weighted by Gasteiger charge is 2.37. The minimum atomic E-state index is -4.18. The molecule has 0 saturated carbocycles. The highest BCUT2D eigenvalue weighted by atomic mass is 32.2. The van der Waals surface area contributed by atoms with Gasteiger partial charge in [0.05, 0.1) is 0 Å². The third-order valence-corrected chi connectivity index (χ3v) is 7.87. The molecule has 0 spiro atoms. The molecule has 0 radical (unpaired) electrons. The molecule has 172 valence electrons. The van der Waals surface area contributed by atoms with Gasteiger partial charge in [-0.05, 0) is 81.1 Å². The zero-order valence-electron chi connectivity index (χ0n) is 17.6. The lowest BCUT2D eigenvalue weighted by molar-refractivity contribution is -0.117. The van der Waals surface area contributed by atoms with Crippen molar-refractivity contribution in [3.8, 4) is 5.75 Å². The Labute approximate surface area is 182 Å². The Morgan fingerprint density at radius 3 is 2.65 bits per heavy atom. The van der Waals surface area contributed by atoms with Crippen molar-refractivity contribution in [2.24, 2.45) is 11.8 Å². The predicted molar refractivity (Wildman–Crippen MR) is 114 cm³/mol. The molecule has 3 saturated heterocycles. The number of nitrogens with zero attached hydrogens (tertiary/aromatic N) is 2. The summed E-state index contributed by atoms with van der Waals surface area (Å²) < 4.78 is 46.5. The van der Waals surface area contributed by atoms with E-state index in [-0.39, 0.29) is 0 Å². The number of rotatable bonds is 6. The van der Waals surface area contributed by atoms with Gasteiger partial charge in [0.1, 0.15) is 18.0 Å². The molecule has 1 aromatic rings. The van der Waals surface area contributed by atoms with Crippen molar-refractivity contribution in [1.29, 1.82) is 0 Å². The molecule has 1 amide bonds. The molecule has 1 unspecified atom stereocenters. The van der Waals surface area contributed by atoms with Crippen LogP contribution in [0.1, 0.15) is 37.7 Å². The second-order valence-electron chi connectivity index (χ2n) is 8.84. The van der Waals surface area contributed by atoms with Crippen LogP contribution in [0.3, 0.4) is 0 Å². The predicted octanol–water partition coefficient (Wildman–Crippen LogP) is 1.78. The van der Waals surface area contributed by atoms with Crippen molar-refractivity contribution >= 4 is 21.8 Å². The van der Waals surface area contributed by atoms with E-state index in [2.05, 4.69) is 4.90 Å². The number of ether oxygens (including phenoxy) is 1. The lowest BCUT2D eigenvalue weighted by atomic mass is 9.90. The number of halogens is 1. The molecule has 31 heavy (non-hydrogen) atoms. The average molecular weight is 456 g/mol. The second-order valence-corrected chi connectivity index (χ2v) is 10.4. The molecule has 1 aromatic carbocycles. The van der Waals surface area contributed by atoms with E-state index in [0.717, 1.165) is 64.4 Å². The minimum absolute atomic E-state index is 0.354. The van der Waals surface area contributed by atoms with Gasteiger partial charge in [-0.25, -0.2) is 13.4 Å². The first-order valence-corrected chi connectivity index (χ1v) is 12.4. The van der Waals surface area contributed by atoms with Crippen LogP contribution >= 0.6 is 0 Å². The Kier molecular flexibility index (Phi) is 6.68. The van der Waals surface area contributed by atoms with Crippen LogP contribution in [-0.2, 0) is 26.2 Å². The van der Waals surface area contributed by atoms with E-state index in [0.29, 0.717) is 22.2 Å². The van der Waals surface area contributed by atoms with Gasteiger partial charge in [0.2, 0.25) is 0 Å². The van der Waals surface area contributed by atoms with Crippen LogP contribution in [0, 0.1) is 17.7 Å². The molecule has 10 heteroatoms. The Balaban J connectivity index is 1.38. The van der Waals surface area contributed by atoms with E-state index < -0.39 is 39.9 Å². The summed E-state index contributed by atoms with van der Waals surface area (Å²) in [5, 5.41) is 10.4. The topological polar surface area (TPSA) is 99.2 Å². The number of carbonyl (C=O) groups is 1. The van der Waals surface area contributed by atoms with Gasteiger partial charge in [-0.3, -0.25) is 4.79 Å². The van der Waals surface area contributed by atoms with Crippen LogP contribution in [0.2, 0.25) is 0 Å². The maximum atomic E-state index is 14.8. The van der Waals surface area contributed by atoms with Gasteiger partial charge in [-0.2, -0.15) is 8.42 Å². The Bertz CT molecular complexity index is 897. The Morgan fingerprint density at radius 1 is 1.19 bits per heavy atom. The minimum Gasteiger partial charge on any atom is -0.506 e. The van der Waals surface area contributed by atoms with Gasteiger partial charge in [0, 0.05) is 19.8 Å². The van der Waals surface area contributed by atoms with Crippen molar-refractivity contribution in [3.05, 3.63) is 23.5 Å². The van der Waals surface area contributed by atoms with Crippen LogP contribution in [0.4, 0.5) is 10.1 Å². The number of hydrogen-bond acceptors (Lipinski definition) is 6. The highest BCUT2D eigenvalue weighted by Crippen LogP contribution is 2.35. The second kappa shape index (κ2) is 9.30. The average Bonchev–Trinajstić information content (AvgIpc) is 2.99. The maximum absolute atomic E-state index is 14.8. The molecule has 1 atom stereocenters. The van der Waals surface area contributed by atoms with Gasteiger partial charge in [-0.15, -0.1) is 0 Å². The summed E-state index contributed by atoms with van der Waals surface area (Å²) in [5.41, 5.74) is 0.148. The van der Waals surface area contributed by atoms with Crippen LogP contribution in [0.5, 0.6) is 5.75 Å². The molecule has 3 fully saturated rings. The molecule has 3 aliphatic heterocycles. The van der Waals surface area contributed by atoms with Crippen LogP contribution in [0.15, 0.2) is 12.1 Å². The molecule has 0 aliphatic carbocycles. The summed E-state index contributed by atoms with van der Waals surface area (Å²) in [6, 6.07) is 2.69. The van der Waals surface area contributed by atoms with Crippen LogP contribution in [-0.4, -0.2) is 63.7 Å². The summed E-state index contributed by atoms with van der Waals surface area (Å²) >= 11 is 0. The number of likely N-dealkylation sites (tertiary alicyclic amines) is 1. The standard InChI is InChI=1S/C21H30FN3O5S/c22-18-11-17(12-19(26)21(18)25-14-20(27)23-31(25,28)29)10-16-2-1-6-24(13-16)7-3-15-4-8-30-9-5-15/h11-12,15-16,26H,1-10,13-14H2,(H,23,27). The zero-order chi connectivity index (χ0) is 22.0. The fourth-order valence-corrected chi connectivity index (χ4v) is 6.08. The fourth-order valence-electron chi connectivity index (χ4n) is 4.90. The van der Waals surface area contributed by atoms with E-state index >= 15 is 0 Å². The van der Waals surface area contributed by atoms with E-state index in [1.165, 1.54) is 18.6 Å². The number of benzene rings is 1. The number of phenolic OH excluding ortho intramolecular Hbond substituents is 1. The van der Waals surface area contributed by atoms with Gasteiger partial charge in [0.15, 0.2) is 5.82 Å². The number of anilines is 1. The summed E-state index contributed by atoms with van der Waals surface area (Å²) in [6.45, 7) is 4.26. The molecule has 8 nitrogen and oxygen atoms in total. The van der Waals surface area contributed by atoms with Gasteiger partial charge >= 0.3 is 10.2 Å². The molecule has 0 aromatic heterocycles. The van der Waals surface area contributed by atoms with E-state index in [1.807, 2.05) is 0 Å². The first-order chi connectivity index (χ1) is 14.8. The maximum Gasteiger partial charge on any atom is 0.326 e. The Hall–Kier alpha value is -1.91. The SMILES string of the molecule is O=C1CN(c2c(O)cc(CC3CCCN(CCC4CCOCC4)C3)cc2F)S(=O)(=O)N1. The number of carbonyl (C=O) groups excluding carboxylic acids is 1. The molecule has 0 bridgehead atoms. The number of aromatic hydroxyl groups is 1. The number of piperidine rings is 1. The van der Waals surface area contributed by atoms with Crippen molar-refractivity contribution < 1.29 is 27.4 Å². The quantitative estimate of drug-likeness (QED) is 0.679. The van der Waals surface area contributed by atoms with Gasteiger partial charge < -0.3 is 14.7 Å². The lowest BCUT2D eigenvalue weighted by Crippen LogP contribution is -2.37. The molecular formula is C21H30FN3O5S. The number of nitrogens with one attached hydrogen (secondary N) is 1. The van der Waals surface area contributed by atoms with Crippen molar-refractivity contribution in [1.82, 2.24) is 9.62 Å². The van der Waals surface area contributed by atoms with Crippen LogP contribution < -0.4 is 9.03 Å². The zero-order valence-corrected chi connectivity index (χ0v) is 18.4. The van der Waals surface area contributed by atoms with Gasteiger partial charge in [-0.1, -0.05) is 0 Å². The van der Waals surface area contributed by atoms with E-state index in [9.17, 15) is 22.7 Å². The smallest absolute Gasteiger partial charge is 0.326 e. The van der Waals surface area contributed by atoms with Gasteiger partial charge in [0.25, 0.3) is 5.91 Å². The molecule has 4 rings (SSSR count). The molecule has 2 N–H and O–H groups in total. The first-order valence-electron chi connectivity index (χ1n) is 11.0. The van der Waals surface area contributed by atoms with Crippen LogP contribution in [0.25, 0.3) is 0 Å². The van der Waals surface area contributed by atoms with Crippen molar-refractivity contribution in [3.63, 3.8) is 0 Å². The normalized spacial score (nSPS) is 25.0. The summed E-state index contributed by atoms with van der Waals surface area (Å²) in [5.74, 6) is -0.988. The molecular weight excluding hydrogens is 425 g/mol. The lowest BCUT2D eigenvalue weighted by Gasteiger charge is -2.34. The monoisotopic (exact) mass is 455 g/mol.